The molecule has 3 aromatic rings. The molecule has 96 valence electrons. The quantitative estimate of drug-likeness (QED) is 0.616. The van der Waals surface area contributed by atoms with Gasteiger partial charge in [0.25, 0.3) is 0 Å². The molecule has 19 heavy (non-hydrogen) atoms. The molecule has 0 spiro atoms. The predicted molar refractivity (Wildman–Crippen MR) is 74.9 cm³/mol. The number of hydrogen-bond donors (Lipinski definition) is 3. The minimum Gasteiger partial charge on any atom is -0.397 e. The van der Waals surface area contributed by atoms with Crippen molar-refractivity contribution in [3.8, 4) is 0 Å². The third-order valence-corrected chi connectivity index (χ3v) is 3.00. The molecule has 0 saturated heterocycles. The Morgan fingerprint density at radius 3 is 2.84 bits per heavy atom. The van der Waals surface area contributed by atoms with Gasteiger partial charge in [-0.1, -0.05) is 6.07 Å². The van der Waals surface area contributed by atoms with Crippen LogP contribution in [0.2, 0.25) is 0 Å². The maximum Gasteiger partial charge on any atom is 0.146 e. The van der Waals surface area contributed by atoms with E-state index in [4.69, 9.17) is 5.73 Å². The highest BCUT2D eigenvalue weighted by Gasteiger charge is 2.07. The molecule has 0 unspecified atom stereocenters. The van der Waals surface area contributed by atoms with Crippen LogP contribution in [0.3, 0.4) is 0 Å². The van der Waals surface area contributed by atoms with Gasteiger partial charge in [-0.15, -0.1) is 0 Å². The monoisotopic (exact) mass is 256 g/mol. The van der Waals surface area contributed by atoms with E-state index in [1.165, 1.54) is 6.07 Å². The summed E-state index contributed by atoms with van der Waals surface area (Å²) < 4.78 is 13.8. The highest BCUT2D eigenvalue weighted by atomic mass is 19.1. The summed E-state index contributed by atoms with van der Waals surface area (Å²) >= 11 is 0. The van der Waals surface area contributed by atoms with Crippen molar-refractivity contribution in [2.75, 3.05) is 11.1 Å². The molecule has 0 atom stereocenters. The molecular formula is C14H13FN4. The third-order valence-electron chi connectivity index (χ3n) is 3.00. The zero-order valence-corrected chi connectivity index (χ0v) is 10.4. The number of rotatable bonds is 2. The van der Waals surface area contributed by atoms with E-state index in [1.54, 1.807) is 18.3 Å². The fourth-order valence-corrected chi connectivity index (χ4v) is 1.98. The van der Waals surface area contributed by atoms with Crippen molar-refractivity contribution in [3.63, 3.8) is 0 Å². The number of nitrogens with one attached hydrogen (secondary N) is 2. The van der Waals surface area contributed by atoms with Crippen LogP contribution in [0.4, 0.5) is 21.5 Å². The van der Waals surface area contributed by atoms with E-state index in [1.807, 2.05) is 19.1 Å². The number of nitrogens with zero attached hydrogens (tertiary/aromatic N) is 1. The molecule has 0 radical (unpaired) electrons. The summed E-state index contributed by atoms with van der Waals surface area (Å²) in [6, 6.07) is 8.63. The average Bonchev–Trinajstić information content (AvgIpc) is 2.80. The van der Waals surface area contributed by atoms with Crippen molar-refractivity contribution in [3.05, 3.63) is 47.9 Å². The molecule has 4 nitrogen and oxygen atoms in total. The van der Waals surface area contributed by atoms with E-state index in [0.717, 1.165) is 16.5 Å². The van der Waals surface area contributed by atoms with Crippen LogP contribution in [0.25, 0.3) is 10.9 Å². The Hall–Kier alpha value is -2.56. The number of fused-ring (bicyclic) bond motifs is 1. The molecule has 0 amide bonds. The van der Waals surface area contributed by atoms with Gasteiger partial charge >= 0.3 is 0 Å². The SMILES string of the molecule is Cc1ccc(Nc2cc3[nH]ncc3cc2N)c(F)c1. The van der Waals surface area contributed by atoms with E-state index >= 15 is 0 Å². The van der Waals surface area contributed by atoms with Crippen molar-refractivity contribution in [2.24, 2.45) is 0 Å². The fourth-order valence-electron chi connectivity index (χ4n) is 1.98. The van der Waals surface area contributed by atoms with E-state index < -0.39 is 0 Å². The number of aromatic nitrogens is 2. The maximum atomic E-state index is 13.8. The summed E-state index contributed by atoms with van der Waals surface area (Å²) in [6.45, 7) is 1.85. The van der Waals surface area contributed by atoms with E-state index in [0.29, 0.717) is 17.1 Å². The molecule has 5 heteroatoms. The number of nitrogen functional groups attached to an aromatic ring is 1. The Bertz CT molecular complexity index is 748. The Kier molecular flexibility index (Phi) is 2.59. The number of nitrogens with two attached hydrogens (primary N) is 1. The van der Waals surface area contributed by atoms with Gasteiger partial charge in [-0.2, -0.15) is 5.10 Å². The Labute approximate surface area is 109 Å². The van der Waals surface area contributed by atoms with Crippen LogP contribution in [-0.4, -0.2) is 10.2 Å². The Morgan fingerprint density at radius 1 is 1.21 bits per heavy atom. The van der Waals surface area contributed by atoms with Crippen LogP contribution >= 0.6 is 0 Å². The number of aromatic amines is 1. The number of benzene rings is 2. The summed E-state index contributed by atoms with van der Waals surface area (Å²) in [5, 5.41) is 10.7. The van der Waals surface area contributed by atoms with E-state index in [2.05, 4.69) is 15.5 Å². The largest absolute Gasteiger partial charge is 0.397 e. The van der Waals surface area contributed by atoms with Crippen molar-refractivity contribution in [2.45, 2.75) is 6.92 Å². The second-order valence-corrected chi connectivity index (χ2v) is 4.51. The van der Waals surface area contributed by atoms with Gasteiger partial charge in [0, 0.05) is 5.39 Å². The summed E-state index contributed by atoms with van der Waals surface area (Å²) in [6.07, 6.45) is 1.70. The lowest BCUT2D eigenvalue weighted by atomic mass is 10.2. The molecular weight excluding hydrogens is 243 g/mol. The van der Waals surface area contributed by atoms with Crippen LogP contribution < -0.4 is 11.1 Å². The predicted octanol–water partition coefficient (Wildman–Crippen LogP) is 3.34. The van der Waals surface area contributed by atoms with Crippen LogP contribution in [0.1, 0.15) is 5.56 Å². The smallest absolute Gasteiger partial charge is 0.146 e. The van der Waals surface area contributed by atoms with E-state index in [9.17, 15) is 4.39 Å². The zero-order valence-electron chi connectivity index (χ0n) is 10.4. The minimum absolute atomic E-state index is 0.302. The van der Waals surface area contributed by atoms with E-state index in [-0.39, 0.29) is 5.82 Å². The maximum absolute atomic E-state index is 13.8. The summed E-state index contributed by atoms with van der Waals surface area (Å²) in [5.74, 6) is -0.302. The van der Waals surface area contributed by atoms with Gasteiger partial charge in [-0.3, -0.25) is 5.10 Å². The lowest BCUT2D eigenvalue weighted by Gasteiger charge is -2.10. The number of hydrogen-bond acceptors (Lipinski definition) is 3. The fraction of sp³-hybridized carbons (Fsp3) is 0.0714. The van der Waals surface area contributed by atoms with Gasteiger partial charge in [0.2, 0.25) is 0 Å². The van der Waals surface area contributed by atoms with Gasteiger partial charge in [-0.25, -0.2) is 4.39 Å². The first-order valence-corrected chi connectivity index (χ1v) is 5.89. The van der Waals surface area contributed by atoms with Gasteiger partial charge in [0.05, 0.1) is 28.8 Å². The number of halogens is 1. The molecule has 0 fully saturated rings. The standard InChI is InChI=1S/C14H13FN4/c1-8-2-3-12(10(15)4-8)18-14-6-13-9(5-11(14)16)7-17-19-13/h2-7,18H,16H2,1H3,(H,17,19). The second-order valence-electron chi connectivity index (χ2n) is 4.51. The molecule has 0 saturated carbocycles. The highest BCUT2D eigenvalue weighted by molar-refractivity contribution is 5.89. The first kappa shape index (κ1) is 11.5. The average molecular weight is 256 g/mol. The lowest BCUT2D eigenvalue weighted by Crippen LogP contribution is -1.98. The van der Waals surface area contributed by atoms with Crippen LogP contribution in [0.15, 0.2) is 36.5 Å². The summed E-state index contributed by atoms with van der Waals surface area (Å²) in [7, 11) is 0. The van der Waals surface area contributed by atoms with Gasteiger partial charge in [0.1, 0.15) is 5.82 Å². The topological polar surface area (TPSA) is 66.7 Å². The zero-order chi connectivity index (χ0) is 13.4. The highest BCUT2D eigenvalue weighted by Crippen LogP contribution is 2.28. The van der Waals surface area contributed by atoms with Gasteiger partial charge in [0.15, 0.2) is 0 Å². The number of aryl methyl sites for hydroxylation is 1. The van der Waals surface area contributed by atoms with Crippen molar-refractivity contribution >= 4 is 28.0 Å². The molecule has 0 aliphatic rings. The van der Waals surface area contributed by atoms with Crippen LogP contribution in [0, 0.1) is 12.7 Å². The van der Waals surface area contributed by atoms with Crippen molar-refractivity contribution in [1.29, 1.82) is 0 Å². The van der Waals surface area contributed by atoms with Crippen molar-refractivity contribution in [1.82, 2.24) is 10.2 Å². The molecule has 1 heterocycles. The molecule has 0 aliphatic heterocycles. The number of H-pyrrole nitrogens is 1. The van der Waals surface area contributed by atoms with Gasteiger partial charge < -0.3 is 11.1 Å². The third kappa shape index (κ3) is 2.10. The van der Waals surface area contributed by atoms with Crippen LogP contribution in [-0.2, 0) is 0 Å². The first-order chi connectivity index (χ1) is 9.13. The summed E-state index contributed by atoms with van der Waals surface area (Å²) in [5.41, 5.74) is 9.27. The van der Waals surface area contributed by atoms with Gasteiger partial charge in [-0.05, 0) is 36.8 Å². The molecule has 4 N–H and O–H groups in total. The molecule has 0 aliphatic carbocycles. The molecule has 3 rings (SSSR count). The molecule has 0 bridgehead atoms. The summed E-state index contributed by atoms with van der Waals surface area (Å²) in [4.78, 5) is 0. The van der Waals surface area contributed by atoms with Crippen molar-refractivity contribution < 1.29 is 4.39 Å². The minimum atomic E-state index is -0.302. The second kappa shape index (κ2) is 4.28. The normalized spacial score (nSPS) is 10.8. The molecule has 2 aromatic carbocycles. The van der Waals surface area contributed by atoms with Crippen LogP contribution in [0.5, 0.6) is 0 Å². The Balaban J connectivity index is 2.02. The first-order valence-electron chi connectivity index (χ1n) is 5.89. The lowest BCUT2D eigenvalue weighted by molar-refractivity contribution is 0.631. The molecule has 1 aromatic heterocycles. The Morgan fingerprint density at radius 2 is 2.05 bits per heavy atom. The number of anilines is 3.